The molecule has 0 amide bonds. The van der Waals surface area contributed by atoms with Crippen molar-refractivity contribution in [3.63, 3.8) is 0 Å². The Bertz CT molecular complexity index is 568. The van der Waals surface area contributed by atoms with Gasteiger partial charge in [-0.1, -0.05) is 22.9 Å². The van der Waals surface area contributed by atoms with Crippen LogP contribution < -0.4 is 10.1 Å². The monoisotopic (exact) mass is 337 g/mol. The molecule has 0 bridgehead atoms. The molecule has 0 fully saturated rings. The lowest BCUT2D eigenvalue weighted by molar-refractivity contribution is 0.413. The van der Waals surface area contributed by atoms with Crippen molar-refractivity contribution >= 4 is 15.9 Å². The van der Waals surface area contributed by atoms with Gasteiger partial charge in [0.15, 0.2) is 0 Å². The highest BCUT2D eigenvalue weighted by Crippen LogP contribution is 2.27. The summed E-state index contributed by atoms with van der Waals surface area (Å²) in [5.74, 6) is 0.875. The molecule has 1 aromatic carbocycles. The maximum absolute atomic E-state index is 5.30. The lowest BCUT2D eigenvalue weighted by Crippen LogP contribution is -2.23. The van der Waals surface area contributed by atoms with Crippen LogP contribution in [-0.4, -0.2) is 23.4 Å². The fourth-order valence-corrected chi connectivity index (χ4v) is 2.61. The van der Waals surface area contributed by atoms with E-state index in [2.05, 4.69) is 45.4 Å². The van der Waals surface area contributed by atoms with Crippen molar-refractivity contribution in [1.82, 2.24) is 15.1 Å². The van der Waals surface area contributed by atoms with E-state index in [4.69, 9.17) is 4.74 Å². The number of aromatic nitrogens is 2. The molecule has 2 aromatic rings. The molecule has 1 aromatic heterocycles. The molecule has 4 nitrogen and oxygen atoms in total. The van der Waals surface area contributed by atoms with Gasteiger partial charge in [-0.15, -0.1) is 0 Å². The molecule has 108 valence electrons. The maximum atomic E-state index is 5.30. The molecule has 20 heavy (non-hydrogen) atoms. The van der Waals surface area contributed by atoms with Gasteiger partial charge < -0.3 is 10.1 Å². The van der Waals surface area contributed by atoms with Crippen LogP contribution in [0.5, 0.6) is 5.75 Å². The summed E-state index contributed by atoms with van der Waals surface area (Å²) >= 11 is 3.61. The van der Waals surface area contributed by atoms with Gasteiger partial charge in [0.05, 0.1) is 18.8 Å². The Labute approximate surface area is 128 Å². The van der Waals surface area contributed by atoms with Crippen LogP contribution in [0.2, 0.25) is 0 Å². The first-order valence-electron chi connectivity index (χ1n) is 6.69. The molecule has 5 heteroatoms. The van der Waals surface area contributed by atoms with Crippen LogP contribution in [0.3, 0.4) is 0 Å². The number of benzene rings is 1. The third-order valence-electron chi connectivity index (χ3n) is 3.22. The first kappa shape index (κ1) is 15.1. The van der Waals surface area contributed by atoms with Crippen LogP contribution in [-0.2, 0) is 13.5 Å². The van der Waals surface area contributed by atoms with Gasteiger partial charge in [0.2, 0.25) is 0 Å². The Balaban J connectivity index is 2.23. The number of likely N-dealkylation sites (N-methyl/N-ethyl adjacent to an activating group) is 1. The highest BCUT2D eigenvalue weighted by atomic mass is 79.9. The van der Waals surface area contributed by atoms with E-state index in [0.29, 0.717) is 0 Å². The van der Waals surface area contributed by atoms with Crippen molar-refractivity contribution in [2.45, 2.75) is 19.4 Å². The normalized spacial score (nSPS) is 12.4. The second-order valence-electron chi connectivity index (χ2n) is 4.69. The summed E-state index contributed by atoms with van der Waals surface area (Å²) in [4.78, 5) is 0. The number of aryl methyl sites for hydroxylation is 1. The number of ether oxygens (including phenoxy) is 1. The Morgan fingerprint density at radius 1 is 1.40 bits per heavy atom. The highest BCUT2D eigenvalue weighted by Gasteiger charge is 2.15. The van der Waals surface area contributed by atoms with Crippen molar-refractivity contribution in [1.29, 1.82) is 0 Å². The summed E-state index contributed by atoms with van der Waals surface area (Å²) in [6, 6.07) is 8.30. The molecule has 0 aliphatic carbocycles. The van der Waals surface area contributed by atoms with Gasteiger partial charge in [0, 0.05) is 17.7 Å². The third kappa shape index (κ3) is 3.61. The molecule has 1 N–H and O–H groups in total. The number of halogens is 1. The smallest absolute Gasteiger partial charge is 0.119 e. The Morgan fingerprint density at radius 3 is 2.80 bits per heavy atom. The number of methoxy groups -OCH3 is 1. The van der Waals surface area contributed by atoms with E-state index in [1.807, 2.05) is 30.1 Å². The summed E-state index contributed by atoms with van der Waals surface area (Å²) in [6.45, 7) is 3.01. The molecule has 1 atom stereocenters. The zero-order chi connectivity index (χ0) is 14.5. The molecule has 0 aliphatic rings. The number of nitrogens with one attached hydrogen (secondary N) is 1. The van der Waals surface area contributed by atoms with Crippen LogP contribution >= 0.6 is 15.9 Å². The van der Waals surface area contributed by atoms with Crippen molar-refractivity contribution in [3.8, 4) is 5.75 Å². The summed E-state index contributed by atoms with van der Waals surface area (Å²) in [5.41, 5.74) is 2.27. The van der Waals surface area contributed by atoms with Gasteiger partial charge in [-0.3, -0.25) is 4.68 Å². The SMILES string of the molecule is CCNC(Cc1cc(OC)ccc1Br)c1ccn(C)n1. The first-order valence-corrected chi connectivity index (χ1v) is 7.48. The molecular weight excluding hydrogens is 318 g/mol. The zero-order valence-corrected chi connectivity index (χ0v) is 13.6. The quantitative estimate of drug-likeness (QED) is 0.880. The van der Waals surface area contributed by atoms with Crippen LogP contribution in [0.15, 0.2) is 34.9 Å². The Morgan fingerprint density at radius 2 is 2.20 bits per heavy atom. The average molecular weight is 338 g/mol. The van der Waals surface area contributed by atoms with Gasteiger partial charge in [-0.2, -0.15) is 5.10 Å². The average Bonchev–Trinajstić information content (AvgIpc) is 2.87. The molecule has 0 aliphatic heterocycles. The minimum absolute atomic E-state index is 0.199. The van der Waals surface area contributed by atoms with Crippen molar-refractivity contribution in [3.05, 3.63) is 46.2 Å². The molecule has 1 unspecified atom stereocenters. The Kier molecular flexibility index (Phi) is 5.20. The fraction of sp³-hybridized carbons (Fsp3) is 0.400. The van der Waals surface area contributed by atoms with E-state index in [1.54, 1.807) is 7.11 Å². The number of nitrogens with zero attached hydrogens (tertiary/aromatic N) is 2. The largest absolute Gasteiger partial charge is 0.497 e. The standard InChI is InChI=1S/C15H20BrN3O/c1-4-17-15(14-7-8-19(2)18-14)10-11-9-12(20-3)5-6-13(11)16/h5-9,15,17H,4,10H2,1-3H3. The van der Waals surface area contributed by atoms with E-state index in [0.717, 1.165) is 28.9 Å². The maximum Gasteiger partial charge on any atom is 0.119 e. The second kappa shape index (κ2) is 6.90. The first-order chi connectivity index (χ1) is 9.63. The topological polar surface area (TPSA) is 39.1 Å². The van der Waals surface area contributed by atoms with Crippen LogP contribution in [0.25, 0.3) is 0 Å². The van der Waals surface area contributed by atoms with Gasteiger partial charge in [-0.25, -0.2) is 0 Å². The Hall–Kier alpha value is -1.33. The van der Waals surface area contributed by atoms with Gasteiger partial charge in [-0.05, 0) is 42.8 Å². The lowest BCUT2D eigenvalue weighted by atomic mass is 10.0. The number of hydrogen-bond donors (Lipinski definition) is 1. The highest BCUT2D eigenvalue weighted by molar-refractivity contribution is 9.10. The summed E-state index contributed by atoms with van der Waals surface area (Å²) in [7, 11) is 3.63. The lowest BCUT2D eigenvalue weighted by Gasteiger charge is -2.17. The molecule has 0 saturated carbocycles. The second-order valence-corrected chi connectivity index (χ2v) is 5.54. The minimum Gasteiger partial charge on any atom is -0.497 e. The predicted molar refractivity (Wildman–Crippen MR) is 84.0 cm³/mol. The van der Waals surface area contributed by atoms with Crippen LogP contribution in [0.1, 0.15) is 24.2 Å². The third-order valence-corrected chi connectivity index (χ3v) is 3.99. The molecule has 0 saturated heterocycles. The number of hydrogen-bond acceptors (Lipinski definition) is 3. The van der Waals surface area contributed by atoms with Crippen molar-refractivity contribution in [2.75, 3.05) is 13.7 Å². The molecule has 0 radical (unpaired) electrons. The van der Waals surface area contributed by atoms with Crippen molar-refractivity contribution < 1.29 is 4.74 Å². The zero-order valence-electron chi connectivity index (χ0n) is 12.1. The van der Waals surface area contributed by atoms with Crippen molar-refractivity contribution in [2.24, 2.45) is 7.05 Å². The van der Waals surface area contributed by atoms with E-state index in [-0.39, 0.29) is 6.04 Å². The summed E-state index contributed by atoms with van der Waals surface area (Å²) in [5, 5.41) is 7.99. The molecule has 2 rings (SSSR count). The van der Waals surface area contributed by atoms with E-state index in [1.165, 1.54) is 5.56 Å². The molecule has 1 heterocycles. The minimum atomic E-state index is 0.199. The van der Waals surface area contributed by atoms with E-state index >= 15 is 0 Å². The summed E-state index contributed by atoms with van der Waals surface area (Å²) in [6.07, 6.45) is 2.84. The van der Waals surface area contributed by atoms with Crippen LogP contribution in [0, 0.1) is 0 Å². The fourth-order valence-electron chi connectivity index (χ4n) is 2.20. The predicted octanol–water partition coefficient (Wildman–Crippen LogP) is 3.08. The van der Waals surface area contributed by atoms with Gasteiger partial charge in [0.25, 0.3) is 0 Å². The van der Waals surface area contributed by atoms with Gasteiger partial charge >= 0.3 is 0 Å². The van der Waals surface area contributed by atoms with Crippen LogP contribution in [0.4, 0.5) is 0 Å². The van der Waals surface area contributed by atoms with E-state index < -0.39 is 0 Å². The summed E-state index contributed by atoms with van der Waals surface area (Å²) < 4.78 is 8.23. The molecule has 0 spiro atoms. The molecular formula is C15H20BrN3O. The van der Waals surface area contributed by atoms with E-state index in [9.17, 15) is 0 Å². The van der Waals surface area contributed by atoms with Gasteiger partial charge in [0.1, 0.15) is 5.75 Å². The number of rotatable bonds is 6.